The minimum Gasteiger partial charge on any atom is -0.439 e. The van der Waals surface area contributed by atoms with Crippen LogP contribution in [0.1, 0.15) is 19.4 Å². The zero-order valence-corrected chi connectivity index (χ0v) is 18.3. The van der Waals surface area contributed by atoms with Crippen molar-refractivity contribution in [2.24, 2.45) is 5.92 Å². The molecule has 6 nitrogen and oxygen atoms in total. The van der Waals surface area contributed by atoms with Gasteiger partial charge in [0.2, 0.25) is 11.4 Å². The molecule has 0 N–H and O–H groups in total. The van der Waals surface area contributed by atoms with E-state index < -0.39 is 11.3 Å². The lowest BCUT2D eigenvalue weighted by atomic mass is 9.70. The molecule has 32 heavy (non-hydrogen) atoms. The molecule has 0 saturated heterocycles. The first-order valence-corrected chi connectivity index (χ1v) is 10.4. The lowest BCUT2D eigenvalue weighted by Crippen LogP contribution is -2.44. The van der Waals surface area contributed by atoms with E-state index in [9.17, 15) is 14.9 Å². The monoisotopic (exact) mass is 424 g/mol. The molecule has 0 radical (unpaired) electrons. The summed E-state index contributed by atoms with van der Waals surface area (Å²) in [7, 11) is 3.69. The second kappa shape index (κ2) is 6.76. The minimum atomic E-state index is -0.946. The Balaban J connectivity index is 1.53. The van der Waals surface area contributed by atoms with Crippen molar-refractivity contribution >= 4 is 28.7 Å². The highest BCUT2D eigenvalue weighted by Crippen LogP contribution is 2.43. The topological polar surface area (TPSA) is 73.4 Å². The molecule has 1 fully saturated rings. The van der Waals surface area contributed by atoms with E-state index in [0.29, 0.717) is 17.3 Å². The molecule has 1 aliphatic carbocycles. The number of carbonyl (C=O) groups excluding carboxylic acids is 2. The molecule has 0 spiro atoms. The molecular weight excluding hydrogens is 402 g/mol. The highest BCUT2D eigenvalue weighted by Gasteiger charge is 2.52. The fraction of sp³-hybridized carbons (Fsp3) is 0.231. The molecule has 158 valence electrons. The Morgan fingerprint density at radius 1 is 1.12 bits per heavy atom. The molecule has 2 aromatic rings. The molecule has 0 unspecified atom stereocenters. The van der Waals surface area contributed by atoms with E-state index in [2.05, 4.69) is 6.07 Å². The van der Waals surface area contributed by atoms with E-state index >= 15 is 0 Å². The molecule has 2 heterocycles. The molecule has 2 aromatic carbocycles. The number of ketones is 2. The van der Waals surface area contributed by atoms with Gasteiger partial charge in [-0.05, 0) is 32.1 Å². The number of rotatable bonds is 2. The Labute approximate surface area is 186 Å². The van der Waals surface area contributed by atoms with Gasteiger partial charge < -0.3 is 9.64 Å². The molecule has 0 aromatic heterocycles. The summed E-state index contributed by atoms with van der Waals surface area (Å²) in [6.45, 7) is 4.02. The highest BCUT2D eigenvalue weighted by molar-refractivity contribution is 6.42. The van der Waals surface area contributed by atoms with E-state index in [1.165, 1.54) is 0 Å². The second-order valence-electron chi connectivity index (χ2n) is 8.75. The summed E-state index contributed by atoms with van der Waals surface area (Å²) in [5.41, 5.74) is 3.20. The highest BCUT2D eigenvalue weighted by atomic mass is 16.5. The Morgan fingerprint density at radius 2 is 1.78 bits per heavy atom. The first-order chi connectivity index (χ1) is 15.3. The summed E-state index contributed by atoms with van der Waals surface area (Å²) < 4.78 is 7.74. The number of hydrogen-bond donors (Lipinski definition) is 0. The van der Waals surface area contributed by atoms with Gasteiger partial charge in [0.25, 0.3) is 0 Å². The first kappa shape index (κ1) is 20.0. The number of allylic oxidation sites excluding steroid dienone is 3. The van der Waals surface area contributed by atoms with Crippen molar-refractivity contribution in [3.63, 3.8) is 0 Å². The molecule has 0 amide bonds. The van der Waals surface area contributed by atoms with Crippen LogP contribution in [0.25, 0.3) is 0 Å². The van der Waals surface area contributed by atoms with Crippen molar-refractivity contribution in [3.05, 3.63) is 77.2 Å². The Kier molecular flexibility index (Phi) is 4.22. The van der Waals surface area contributed by atoms with Gasteiger partial charge in [0.05, 0.1) is 16.7 Å². The molecule has 1 saturated carbocycles. The fourth-order valence-corrected chi connectivity index (χ4v) is 4.95. The number of hydrogen-bond acceptors (Lipinski definition) is 5. The third-order valence-electron chi connectivity index (χ3n) is 6.60. The Hall–Kier alpha value is -3.98. The van der Waals surface area contributed by atoms with Crippen LogP contribution in [0.3, 0.4) is 0 Å². The van der Waals surface area contributed by atoms with E-state index in [1.54, 1.807) is 6.08 Å². The Bertz CT molecular complexity index is 1340. The number of benzene rings is 2. The van der Waals surface area contributed by atoms with Gasteiger partial charge in [0.1, 0.15) is 24.6 Å². The number of nitriles is 1. The second-order valence-corrected chi connectivity index (χ2v) is 8.75. The lowest BCUT2D eigenvalue weighted by molar-refractivity contribution is -0.401. The van der Waals surface area contributed by atoms with Crippen molar-refractivity contribution in [1.82, 2.24) is 0 Å². The van der Waals surface area contributed by atoms with Crippen LogP contribution in [0.4, 0.5) is 11.4 Å². The smallest absolute Gasteiger partial charge is 0.210 e. The van der Waals surface area contributed by atoms with Crippen LogP contribution in [0.15, 0.2) is 71.6 Å². The van der Waals surface area contributed by atoms with Gasteiger partial charge >= 0.3 is 0 Å². The molecule has 0 bridgehead atoms. The van der Waals surface area contributed by atoms with Crippen LogP contribution in [0.5, 0.6) is 5.75 Å². The summed E-state index contributed by atoms with van der Waals surface area (Å²) in [4.78, 5) is 28.0. The predicted octanol–water partition coefficient (Wildman–Crippen LogP) is 3.65. The standard InChI is InChI=1S/C26H22N3O3/c1-26(2)17-9-5-6-10-18(17)29(4)25(26)16(14-27)22-23(30)15(24(22)31)13-21-28(3)19-11-7-8-12-20(19)32-21/h5-13,15H,1-4H3/q+1/b21-13+,22-16?. The average molecular weight is 424 g/mol. The van der Waals surface area contributed by atoms with Crippen molar-refractivity contribution in [2.75, 3.05) is 19.0 Å². The summed E-state index contributed by atoms with van der Waals surface area (Å²) in [5, 5.41) is 10.0. The third kappa shape index (κ3) is 2.54. The number of nitrogens with zero attached hydrogens (tertiary/aromatic N) is 3. The van der Waals surface area contributed by atoms with E-state index in [1.807, 2.05) is 85.9 Å². The molecule has 2 aliphatic heterocycles. The number of Topliss-reactive ketones (excluding diaryl/α,β-unsaturated/α-hetero) is 2. The van der Waals surface area contributed by atoms with Gasteiger partial charge in [-0.2, -0.15) is 9.84 Å². The van der Waals surface area contributed by atoms with Crippen LogP contribution >= 0.6 is 0 Å². The lowest BCUT2D eigenvalue weighted by Gasteiger charge is -2.26. The molecule has 6 heteroatoms. The van der Waals surface area contributed by atoms with Crippen LogP contribution in [0, 0.1) is 17.2 Å². The van der Waals surface area contributed by atoms with Gasteiger partial charge in [0.15, 0.2) is 23.2 Å². The quantitative estimate of drug-likeness (QED) is 0.242. The molecular formula is C26H22N3O3+. The van der Waals surface area contributed by atoms with E-state index in [4.69, 9.17) is 4.74 Å². The maximum Gasteiger partial charge on any atom is 0.210 e. The predicted molar refractivity (Wildman–Crippen MR) is 120 cm³/mol. The number of fused-ring (bicyclic) bond motifs is 2. The minimum absolute atomic E-state index is 0.0183. The van der Waals surface area contributed by atoms with Gasteiger partial charge in [-0.25, -0.2) is 0 Å². The van der Waals surface area contributed by atoms with Crippen LogP contribution in [0.2, 0.25) is 0 Å². The molecule has 5 rings (SSSR count). The van der Waals surface area contributed by atoms with Gasteiger partial charge in [-0.15, -0.1) is 0 Å². The number of anilines is 1. The zero-order chi connectivity index (χ0) is 22.8. The normalized spacial score (nSPS) is 21.8. The van der Waals surface area contributed by atoms with Crippen molar-refractivity contribution in [2.45, 2.75) is 19.3 Å². The maximum absolute atomic E-state index is 13.1. The molecule has 3 aliphatic rings. The van der Waals surface area contributed by atoms with Crippen LogP contribution in [-0.2, 0) is 15.0 Å². The van der Waals surface area contributed by atoms with Crippen LogP contribution < -0.4 is 9.64 Å². The van der Waals surface area contributed by atoms with E-state index in [-0.39, 0.29) is 22.7 Å². The number of carbonyl (C=O) groups is 2. The van der Waals surface area contributed by atoms with Crippen LogP contribution in [-0.4, -0.2) is 35.9 Å². The van der Waals surface area contributed by atoms with Gasteiger partial charge in [-0.3, -0.25) is 9.59 Å². The van der Waals surface area contributed by atoms with Crippen molar-refractivity contribution in [3.8, 4) is 11.8 Å². The van der Waals surface area contributed by atoms with Gasteiger partial charge in [-0.1, -0.05) is 30.3 Å². The summed E-state index contributed by atoms with van der Waals surface area (Å²) >= 11 is 0. The fourth-order valence-electron chi connectivity index (χ4n) is 4.95. The van der Waals surface area contributed by atoms with Crippen molar-refractivity contribution in [1.29, 1.82) is 5.26 Å². The summed E-state index contributed by atoms with van der Waals surface area (Å²) in [6.07, 6.45) is 1.55. The summed E-state index contributed by atoms with van der Waals surface area (Å²) in [5.74, 6) is -0.525. The van der Waals surface area contributed by atoms with E-state index in [0.717, 1.165) is 16.9 Å². The number of ether oxygens (including phenoxy) is 1. The first-order valence-electron chi connectivity index (χ1n) is 10.4. The SMILES string of the molecule is CN1/C(=C\C2C(=O)C(=C(C#N)C3=[N+](C)c4ccccc4C3(C)C)C2=O)Oc2ccccc21. The average Bonchev–Trinajstić information content (AvgIpc) is 3.21. The number of para-hydroxylation sites is 3. The Morgan fingerprint density at radius 3 is 2.44 bits per heavy atom. The zero-order valence-electron chi connectivity index (χ0n) is 18.3. The summed E-state index contributed by atoms with van der Waals surface area (Å²) in [6, 6.07) is 17.6. The maximum atomic E-state index is 13.1. The molecule has 0 atom stereocenters. The largest absolute Gasteiger partial charge is 0.439 e. The third-order valence-corrected chi connectivity index (χ3v) is 6.60. The van der Waals surface area contributed by atoms with Crippen molar-refractivity contribution < 1.29 is 18.9 Å². The van der Waals surface area contributed by atoms with Gasteiger partial charge in [0, 0.05) is 18.7 Å².